The maximum Gasteiger partial charge on any atom is 0.334 e. The summed E-state index contributed by atoms with van der Waals surface area (Å²) in [6.07, 6.45) is 2.35. The quantitative estimate of drug-likeness (QED) is 0.604. The van der Waals surface area contributed by atoms with Gasteiger partial charge < -0.3 is 19.3 Å². The zero-order chi connectivity index (χ0) is 17.1. The molecular weight excluding hydrogens is 316 g/mol. The third-order valence-corrected chi connectivity index (χ3v) is 6.47. The van der Waals surface area contributed by atoms with E-state index >= 15 is 0 Å². The SMILES string of the molecule is C[C@@H]1CCC2[C@@H](C)[C@@H](OC(=O)CO)O[C@@H]3O[C@]4(C)CCC1[C@@]23OO4. The van der Waals surface area contributed by atoms with E-state index in [-0.39, 0.29) is 17.8 Å². The predicted octanol–water partition coefficient (Wildman–Crippen LogP) is 1.73. The van der Waals surface area contributed by atoms with Crippen molar-refractivity contribution >= 4 is 5.97 Å². The van der Waals surface area contributed by atoms with Gasteiger partial charge in [0, 0.05) is 18.3 Å². The van der Waals surface area contributed by atoms with Crippen LogP contribution in [0, 0.1) is 23.7 Å². The van der Waals surface area contributed by atoms with Gasteiger partial charge in [0.25, 0.3) is 0 Å². The van der Waals surface area contributed by atoms with Crippen LogP contribution in [0.3, 0.4) is 0 Å². The van der Waals surface area contributed by atoms with E-state index in [1.54, 1.807) is 0 Å². The third kappa shape index (κ3) is 2.25. The highest BCUT2D eigenvalue weighted by molar-refractivity contribution is 5.70. The van der Waals surface area contributed by atoms with Gasteiger partial charge in [-0.2, -0.15) is 0 Å². The second-order valence-electron chi connectivity index (χ2n) is 7.92. The first-order chi connectivity index (χ1) is 11.4. The zero-order valence-corrected chi connectivity index (χ0v) is 14.4. The molecule has 0 radical (unpaired) electrons. The van der Waals surface area contributed by atoms with Gasteiger partial charge >= 0.3 is 5.97 Å². The summed E-state index contributed by atoms with van der Waals surface area (Å²) in [5.74, 6) is -0.723. The number of esters is 1. The number of carbonyl (C=O) groups is 1. The van der Waals surface area contributed by atoms with Crippen LogP contribution in [0.2, 0.25) is 0 Å². The summed E-state index contributed by atoms with van der Waals surface area (Å²) < 4.78 is 17.5. The number of ether oxygens (including phenoxy) is 3. The number of aliphatic hydroxyl groups excluding tert-OH is 1. The monoisotopic (exact) mass is 342 g/mol. The normalized spacial score (nSPS) is 53.2. The molecule has 0 aromatic heterocycles. The summed E-state index contributed by atoms with van der Waals surface area (Å²) in [5.41, 5.74) is -0.658. The third-order valence-electron chi connectivity index (χ3n) is 6.47. The van der Waals surface area contributed by atoms with Crippen molar-refractivity contribution in [1.29, 1.82) is 0 Å². The topological polar surface area (TPSA) is 83.5 Å². The van der Waals surface area contributed by atoms with E-state index in [2.05, 4.69) is 6.92 Å². The van der Waals surface area contributed by atoms with Crippen LogP contribution in [-0.4, -0.2) is 41.7 Å². The van der Waals surface area contributed by atoms with Gasteiger partial charge in [0.05, 0.1) is 0 Å². The van der Waals surface area contributed by atoms with Crippen molar-refractivity contribution in [3.63, 3.8) is 0 Å². The van der Waals surface area contributed by atoms with Crippen LogP contribution < -0.4 is 0 Å². The molecule has 0 amide bonds. The Kier molecular flexibility index (Phi) is 3.93. The second kappa shape index (κ2) is 5.64. The lowest BCUT2D eigenvalue weighted by molar-refractivity contribution is -0.576. The first-order valence-electron chi connectivity index (χ1n) is 8.90. The fourth-order valence-corrected chi connectivity index (χ4v) is 5.17. The Morgan fingerprint density at radius 2 is 2.00 bits per heavy atom. The van der Waals surface area contributed by atoms with Crippen LogP contribution in [0.25, 0.3) is 0 Å². The number of fused-ring (bicyclic) bond motifs is 2. The fourth-order valence-electron chi connectivity index (χ4n) is 5.17. The van der Waals surface area contributed by atoms with E-state index in [9.17, 15) is 4.79 Å². The van der Waals surface area contributed by atoms with Gasteiger partial charge in [0.2, 0.25) is 12.1 Å². The molecule has 1 spiro atoms. The minimum absolute atomic E-state index is 0.0681. The Labute approximate surface area is 141 Å². The highest BCUT2D eigenvalue weighted by Crippen LogP contribution is 2.60. The van der Waals surface area contributed by atoms with Crippen LogP contribution in [0.15, 0.2) is 0 Å². The summed E-state index contributed by atoms with van der Waals surface area (Å²) in [7, 11) is 0. The van der Waals surface area contributed by atoms with Gasteiger partial charge in [-0.05, 0) is 38.0 Å². The minimum atomic E-state index is -0.844. The highest BCUT2D eigenvalue weighted by atomic mass is 17.3. The molecule has 5 aliphatic rings. The first-order valence-corrected chi connectivity index (χ1v) is 8.90. The summed E-state index contributed by atoms with van der Waals surface area (Å²) >= 11 is 0. The lowest BCUT2D eigenvalue weighted by Crippen LogP contribution is -2.70. The molecule has 136 valence electrons. The molecule has 1 saturated carbocycles. The second-order valence-corrected chi connectivity index (χ2v) is 7.92. The summed E-state index contributed by atoms with van der Waals surface area (Å²) in [6, 6.07) is 0. The number of hydrogen-bond acceptors (Lipinski definition) is 7. The average Bonchev–Trinajstić information content (AvgIpc) is 2.78. The molecule has 5 rings (SSSR count). The van der Waals surface area contributed by atoms with E-state index in [1.165, 1.54) is 0 Å². The Hall–Kier alpha value is -0.730. The lowest BCUT2D eigenvalue weighted by Gasteiger charge is -2.59. The van der Waals surface area contributed by atoms with Gasteiger partial charge in [-0.1, -0.05) is 13.8 Å². The molecule has 7 nitrogen and oxygen atoms in total. The van der Waals surface area contributed by atoms with Crippen molar-refractivity contribution in [1.82, 2.24) is 0 Å². The molecule has 8 atom stereocenters. The molecule has 2 bridgehead atoms. The number of hydrogen-bond donors (Lipinski definition) is 1. The lowest BCUT2D eigenvalue weighted by atomic mass is 9.58. The fraction of sp³-hybridized carbons (Fsp3) is 0.941. The van der Waals surface area contributed by atoms with E-state index in [0.29, 0.717) is 5.92 Å². The minimum Gasteiger partial charge on any atom is -0.434 e. The molecule has 4 heterocycles. The predicted molar refractivity (Wildman–Crippen MR) is 80.0 cm³/mol. The van der Waals surface area contributed by atoms with Crippen molar-refractivity contribution in [2.75, 3.05) is 6.61 Å². The van der Waals surface area contributed by atoms with Crippen molar-refractivity contribution in [3.05, 3.63) is 0 Å². The Balaban J connectivity index is 1.71. The van der Waals surface area contributed by atoms with E-state index in [1.807, 2.05) is 13.8 Å². The van der Waals surface area contributed by atoms with Crippen LogP contribution in [0.1, 0.15) is 46.5 Å². The number of carbonyl (C=O) groups excluding carboxylic acids is 1. The van der Waals surface area contributed by atoms with Crippen LogP contribution in [-0.2, 0) is 28.8 Å². The maximum atomic E-state index is 11.6. The molecule has 1 aliphatic carbocycles. The average molecular weight is 342 g/mol. The Morgan fingerprint density at radius 3 is 2.75 bits per heavy atom. The van der Waals surface area contributed by atoms with E-state index in [0.717, 1.165) is 25.7 Å². The van der Waals surface area contributed by atoms with Gasteiger partial charge in [0.15, 0.2) is 11.9 Å². The molecule has 4 aliphatic heterocycles. The van der Waals surface area contributed by atoms with E-state index < -0.39 is 36.5 Å². The maximum absolute atomic E-state index is 11.6. The summed E-state index contributed by atoms with van der Waals surface area (Å²) in [6.45, 7) is 5.44. The van der Waals surface area contributed by atoms with Crippen molar-refractivity contribution in [2.45, 2.75) is 70.4 Å². The Bertz CT molecular complexity index is 525. The van der Waals surface area contributed by atoms with Crippen LogP contribution in [0.4, 0.5) is 0 Å². The van der Waals surface area contributed by atoms with Crippen LogP contribution in [0.5, 0.6) is 0 Å². The summed E-state index contributed by atoms with van der Waals surface area (Å²) in [4.78, 5) is 23.3. The molecule has 0 aromatic carbocycles. The highest BCUT2D eigenvalue weighted by Gasteiger charge is 2.69. The van der Waals surface area contributed by atoms with Gasteiger partial charge in [-0.25, -0.2) is 14.6 Å². The van der Waals surface area contributed by atoms with Crippen molar-refractivity contribution < 1.29 is 33.9 Å². The van der Waals surface area contributed by atoms with Gasteiger partial charge in [-0.15, -0.1) is 0 Å². The Morgan fingerprint density at radius 1 is 1.21 bits per heavy atom. The molecule has 2 unspecified atom stereocenters. The molecule has 5 fully saturated rings. The van der Waals surface area contributed by atoms with E-state index in [4.69, 9.17) is 29.1 Å². The summed E-state index contributed by atoms with van der Waals surface area (Å²) in [5, 5.41) is 8.98. The van der Waals surface area contributed by atoms with Crippen LogP contribution >= 0.6 is 0 Å². The van der Waals surface area contributed by atoms with Gasteiger partial charge in [0.1, 0.15) is 6.61 Å². The van der Waals surface area contributed by atoms with Gasteiger partial charge in [-0.3, -0.25) is 0 Å². The smallest absolute Gasteiger partial charge is 0.334 e. The molecule has 0 aromatic rings. The largest absolute Gasteiger partial charge is 0.434 e. The molecule has 24 heavy (non-hydrogen) atoms. The number of rotatable bonds is 2. The van der Waals surface area contributed by atoms with Crippen molar-refractivity contribution in [3.8, 4) is 0 Å². The van der Waals surface area contributed by atoms with Crippen molar-refractivity contribution in [2.24, 2.45) is 23.7 Å². The molecule has 7 heteroatoms. The molecular formula is C17H26O7. The molecule has 4 saturated heterocycles. The zero-order valence-electron chi connectivity index (χ0n) is 14.4. The first kappa shape index (κ1) is 16.7. The molecule has 1 N–H and O–H groups in total. The standard InChI is InChI=1S/C17H26O7/c1-9-4-5-12-10(2)14(20-13(19)8-18)21-15-17(12)11(9)6-7-16(3,22-15)23-24-17/h9-12,14-15,18H,4-8H2,1-3H3/t9-,10-,11?,12?,14+,15-,16+,17-/m1/s1. The number of aliphatic hydroxyl groups is 1.